The van der Waals surface area contributed by atoms with Crippen LogP contribution < -0.4 is 5.32 Å². The van der Waals surface area contributed by atoms with Crippen molar-refractivity contribution >= 4 is 0 Å². The Morgan fingerprint density at radius 2 is 2.11 bits per heavy atom. The molecule has 0 aromatic carbocycles. The van der Waals surface area contributed by atoms with Gasteiger partial charge in [0.05, 0.1) is 5.69 Å². The molecule has 0 aliphatic carbocycles. The van der Waals surface area contributed by atoms with Crippen molar-refractivity contribution in [3.05, 3.63) is 23.3 Å². The zero-order valence-electron chi connectivity index (χ0n) is 11.3. The molecule has 1 aromatic heterocycles. The lowest BCUT2D eigenvalue weighted by atomic mass is 9.93. The van der Waals surface area contributed by atoms with Crippen LogP contribution in [0.3, 0.4) is 0 Å². The van der Waals surface area contributed by atoms with Crippen molar-refractivity contribution in [2.45, 2.75) is 31.9 Å². The first-order valence-electron chi connectivity index (χ1n) is 6.33. The number of ether oxygens (including phenoxy) is 2. The molecule has 1 aliphatic heterocycles. The molecule has 5 nitrogen and oxygen atoms in total. The maximum absolute atomic E-state index is 5.73. The van der Waals surface area contributed by atoms with Gasteiger partial charge in [0.15, 0.2) is 5.82 Å². The van der Waals surface area contributed by atoms with E-state index in [9.17, 15) is 0 Å². The van der Waals surface area contributed by atoms with Crippen LogP contribution in [-0.4, -0.2) is 37.3 Å². The molecule has 1 fully saturated rings. The van der Waals surface area contributed by atoms with Gasteiger partial charge in [0.25, 0.3) is 0 Å². The molecule has 2 heterocycles. The molecule has 0 radical (unpaired) electrons. The molecule has 1 saturated heterocycles. The standard InChI is InChI=1S/C13H21N3O2/c1-10-8-11(9-14-2)16-12(15-10)13(17-3)4-6-18-7-5-13/h8,14H,4-7,9H2,1-3H3. The number of nitrogens with zero attached hydrogens (tertiary/aromatic N) is 2. The predicted molar refractivity (Wildman–Crippen MR) is 68.3 cm³/mol. The Morgan fingerprint density at radius 1 is 1.39 bits per heavy atom. The fraction of sp³-hybridized carbons (Fsp3) is 0.692. The zero-order valence-corrected chi connectivity index (χ0v) is 11.3. The lowest BCUT2D eigenvalue weighted by Gasteiger charge is -2.34. The van der Waals surface area contributed by atoms with Crippen molar-refractivity contribution < 1.29 is 9.47 Å². The maximum atomic E-state index is 5.73. The smallest absolute Gasteiger partial charge is 0.160 e. The molecule has 0 spiro atoms. The number of rotatable bonds is 4. The van der Waals surface area contributed by atoms with E-state index in [0.717, 1.165) is 36.6 Å². The molecule has 18 heavy (non-hydrogen) atoms. The summed E-state index contributed by atoms with van der Waals surface area (Å²) in [5.74, 6) is 0.790. The van der Waals surface area contributed by atoms with Crippen LogP contribution in [0.5, 0.6) is 0 Å². The van der Waals surface area contributed by atoms with Crippen molar-refractivity contribution in [1.82, 2.24) is 15.3 Å². The van der Waals surface area contributed by atoms with Crippen LogP contribution in [-0.2, 0) is 21.6 Å². The van der Waals surface area contributed by atoms with E-state index in [1.807, 2.05) is 20.0 Å². The minimum Gasteiger partial charge on any atom is -0.381 e. The second kappa shape index (κ2) is 5.73. The van der Waals surface area contributed by atoms with Gasteiger partial charge in [-0.2, -0.15) is 0 Å². The summed E-state index contributed by atoms with van der Waals surface area (Å²) in [6.07, 6.45) is 1.62. The Kier molecular flexibility index (Phi) is 4.27. The van der Waals surface area contributed by atoms with Gasteiger partial charge >= 0.3 is 0 Å². The highest BCUT2D eigenvalue weighted by Gasteiger charge is 2.37. The third-order valence-corrected chi connectivity index (χ3v) is 3.36. The van der Waals surface area contributed by atoms with Crippen molar-refractivity contribution in [2.24, 2.45) is 0 Å². The first kappa shape index (κ1) is 13.4. The number of hydrogen-bond acceptors (Lipinski definition) is 5. The van der Waals surface area contributed by atoms with E-state index in [2.05, 4.69) is 15.3 Å². The highest BCUT2D eigenvalue weighted by Crippen LogP contribution is 2.33. The first-order valence-corrected chi connectivity index (χ1v) is 6.33. The Bertz CT molecular complexity index is 403. The molecular weight excluding hydrogens is 230 g/mol. The number of aryl methyl sites for hydroxylation is 1. The van der Waals surface area contributed by atoms with Gasteiger partial charge in [0.1, 0.15) is 5.60 Å². The minimum atomic E-state index is -0.382. The maximum Gasteiger partial charge on any atom is 0.160 e. The highest BCUT2D eigenvalue weighted by atomic mass is 16.5. The largest absolute Gasteiger partial charge is 0.381 e. The molecule has 0 atom stereocenters. The van der Waals surface area contributed by atoms with E-state index in [1.165, 1.54) is 0 Å². The first-order chi connectivity index (χ1) is 8.70. The summed E-state index contributed by atoms with van der Waals surface area (Å²) in [5.41, 5.74) is 1.60. The van der Waals surface area contributed by atoms with Crippen LogP contribution >= 0.6 is 0 Å². The van der Waals surface area contributed by atoms with Gasteiger partial charge in [-0.1, -0.05) is 0 Å². The average Bonchev–Trinajstić information content (AvgIpc) is 2.39. The van der Waals surface area contributed by atoms with Gasteiger partial charge in [-0.25, -0.2) is 9.97 Å². The number of methoxy groups -OCH3 is 1. The van der Waals surface area contributed by atoms with E-state index in [-0.39, 0.29) is 5.60 Å². The molecule has 0 saturated carbocycles. The summed E-state index contributed by atoms with van der Waals surface area (Å²) in [6, 6.07) is 2.00. The van der Waals surface area contributed by atoms with E-state index in [4.69, 9.17) is 9.47 Å². The molecule has 2 rings (SSSR count). The van der Waals surface area contributed by atoms with Gasteiger partial charge in [-0.3, -0.25) is 0 Å². The van der Waals surface area contributed by atoms with Crippen LogP contribution in [0.25, 0.3) is 0 Å². The summed E-state index contributed by atoms with van der Waals surface area (Å²) in [5, 5.41) is 3.12. The summed E-state index contributed by atoms with van der Waals surface area (Å²) in [6.45, 7) is 4.14. The predicted octanol–water partition coefficient (Wildman–Crippen LogP) is 1.16. The summed E-state index contributed by atoms with van der Waals surface area (Å²) in [7, 11) is 3.65. The Labute approximate surface area is 108 Å². The molecular formula is C13H21N3O2. The van der Waals surface area contributed by atoms with Crippen LogP contribution in [0.15, 0.2) is 6.07 Å². The summed E-state index contributed by atoms with van der Waals surface area (Å²) in [4.78, 5) is 9.20. The Morgan fingerprint density at radius 3 is 2.72 bits per heavy atom. The van der Waals surface area contributed by atoms with Gasteiger partial charge in [-0.15, -0.1) is 0 Å². The summed E-state index contributed by atoms with van der Waals surface area (Å²) >= 11 is 0. The molecule has 100 valence electrons. The van der Waals surface area contributed by atoms with Gasteiger partial charge in [-0.05, 0) is 20.0 Å². The fourth-order valence-corrected chi connectivity index (χ4v) is 2.33. The van der Waals surface area contributed by atoms with Crippen LogP contribution in [0, 0.1) is 6.92 Å². The van der Waals surface area contributed by atoms with E-state index < -0.39 is 0 Å². The van der Waals surface area contributed by atoms with Gasteiger partial charge in [0, 0.05) is 45.4 Å². The molecule has 1 N–H and O–H groups in total. The molecule has 0 bridgehead atoms. The second-order valence-electron chi connectivity index (χ2n) is 4.67. The number of nitrogens with one attached hydrogen (secondary N) is 1. The summed E-state index contributed by atoms with van der Waals surface area (Å²) < 4.78 is 11.1. The zero-order chi connectivity index (χ0) is 13.0. The third kappa shape index (κ3) is 2.68. The quantitative estimate of drug-likeness (QED) is 0.870. The monoisotopic (exact) mass is 251 g/mol. The van der Waals surface area contributed by atoms with Crippen molar-refractivity contribution in [3.8, 4) is 0 Å². The van der Waals surface area contributed by atoms with E-state index >= 15 is 0 Å². The number of aromatic nitrogens is 2. The minimum absolute atomic E-state index is 0.382. The van der Waals surface area contributed by atoms with Gasteiger partial charge in [0.2, 0.25) is 0 Å². The average molecular weight is 251 g/mol. The van der Waals surface area contributed by atoms with E-state index in [1.54, 1.807) is 7.11 Å². The highest BCUT2D eigenvalue weighted by molar-refractivity contribution is 5.15. The molecule has 1 aliphatic rings. The van der Waals surface area contributed by atoms with Crippen LogP contribution in [0.2, 0.25) is 0 Å². The van der Waals surface area contributed by atoms with Crippen molar-refractivity contribution in [1.29, 1.82) is 0 Å². The SMILES string of the molecule is CNCc1cc(C)nc(C2(OC)CCOCC2)n1. The topological polar surface area (TPSA) is 56.3 Å². The Hall–Kier alpha value is -1.04. The molecule has 0 amide bonds. The van der Waals surface area contributed by atoms with Crippen molar-refractivity contribution in [3.63, 3.8) is 0 Å². The second-order valence-corrected chi connectivity index (χ2v) is 4.67. The normalized spacial score (nSPS) is 18.8. The lowest BCUT2D eigenvalue weighted by Crippen LogP contribution is -2.37. The lowest BCUT2D eigenvalue weighted by molar-refractivity contribution is -0.100. The molecule has 5 heteroatoms. The fourth-order valence-electron chi connectivity index (χ4n) is 2.33. The van der Waals surface area contributed by atoms with Crippen LogP contribution in [0.1, 0.15) is 30.1 Å². The molecule has 0 unspecified atom stereocenters. The third-order valence-electron chi connectivity index (χ3n) is 3.36. The molecule has 1 aromatic rings. The number of hydrogen-bond donors (Lipinski definition) is 1. The van der Waals surface area contributed by atoms with Gasteiger partial charge < -0.3 is 14.8 Å². The van der Waals surface area contributed by atoms with E-state index in [0.29, 0.717) is 13.2 Å². The van der Waals surface area contributed by atoms with Crippen LogP contribution in [0.4, 0.5) is 0 Å². The van der Waals surface area contributed by atoms with Crippen molar-refractivity contribution in [2.75, 3.05) is 27.4 Å². The Balaban J connectivity index is 2.34.